The molecule has 0 saturated carbocycles. The van der Waals surface area contributed by atoms with Crippen molar-refractivity contribution in [2.45, 2.75) is 33.1 Å². The average Bonchev–Trinajstić information content (AvgIpc) is 2.66. The topological polar surface area (TPSA) is 49.9 Å². The number of aryl methyl sites for hydroxylation is 1. The van der Waals surface area contributed by atoms with Gasteiger partial charge in [-0.3, -0.25) is 0 Å². The number of aromatic nitrogens is 1. The predicted octanol–water partition coefficient (Wildman–Crippen LogP) is 4.06. The molecule has 1 aromatic heterocycles. The van der Waals surface area contributed by atoms with Crippen LogP contribution >= 0.6 is 0 Å². The molecule has 2 aromatic rings. The van der Waals surface area contributed by atoms with Crippen LogP contribution in [0.2, 0.25) is 0 Å². The number of hydrogen-bond acceptors (Lipinski definition) is 3. The molecule has 0 aliphatic carbocycles. The van der Waals surface area contributed by atoms with Gasteiger partial charge < -0.3 is 5.11 Å². The summed E-state index contributed by atoms with van der Waals surface area (Å²) in [5.74, 6) is 0.281. The summed E-state index contributed by atoms with van der Waals surface area (Å²) in [6, 6.07) is 5.29. The van der Waals surface area contributed by atoms with Gasteiger partial charge in [0.15, 0.2) is 0 Å². The monoisotopic (exact) mass is 245 g/mol. The Morgan fingerprint density at radius 3 is 2.89 bits per heavy atom. The van der Waals surface area contributed by atoms with E-state index in [1.807, 2.05) is 19.2 Å². The summed E-state index contributed by atoms with van der Waals surface area (Å²) in [4.78, 5) is 0. The zero-order valence-electron chi connectivity index (χ0n) is 10.9. The second-order valence-electron chi connectivity index (χ2n) is 4.52. The number of phenolic OH excluding ortho intramolecular Hbond substituents is 1. The molecule has 0 saturated heterocycles. The van der Waals surface area contributed by atoms with Gasteiger partial charge in [-0.05, 0) is 37.1 Å². The molecule has 0 spiro atoms. The van der Waals surface area contributed by atoms with E-state index in [9.17, 15) is 5.11 Å². The molecule has 0 aliphatic rings. The zero-order valence-corrected chi connectivity index (χ0v) is 10.9. The number of benzene rings is 1. The molecule has 0 unspecified atom stereocenters. The molecule has 0 amide bonds. The Kier molecular flexibility index (Phi) is 3.97. The zero-order chi connectivity index (χ0) is 13.0. The third-order valence-electron chi connectivity index (χ3n) is 2.99. The maximum absolute atomic E-state index is 9.47. The van der Waals surface area contributed by atoms with Crippen molar-refractivity contribution in [2.75, 3.05) is 6.54 Å². The van der Waals surface area contributed by atoms with Crippen LogP contribution in [0.4, 0.5) is 0 Å². The van der Waals surface area contributed by atoms with Crippen molar-refractivity contribution < 1.29 is 5.11 Å². The predicted molar refractivity (Wildman–Crippen MR) is 73.0 cm³/mol. The average molecular weight is 245 g/mol. The van der Waals surface area contributed by atoms with E-state index < -0.39 is 0 Å². The van der Waals surface area contributed by atoms with Gasteiger partial charge in [0.25, 0.3) is 0 Å². The van der Waals surface area contributed by atoms with E-state index >= 15 is 0 Å². The minimum Gasteiger partial charge on any atom is -0.508 e. The smallest absolute Gasteiger partial charge is 0.116 e. The van der Waals surface area contributed by atoms with Crippen molar-refractivity contribution in [1.82, 2.24) is 4.68 Å². The first-order chi connectivity index (χ1) is 8.72. The third kappa shape index (κ3) is 2.70. The number of nitrogens with zero attached hydrogens (tertiary/aromatic N) is 3. The van der Waals surface area contributed by atoms with E-state index in [4.69, 9.17) is 0 Å². The molecular weight excluding hydrogens is 226 g/mol. The highest BCUT2D eigenvalue weighted by atomic mass is 16.3. The van der Waals surface area contributed by atoms with Crippen LogP contribution in [0.5, 0.6) is 5.75 Å². The Hall–Kier alpha value is -1.84. The SMILES string of the molecule is CCCCCN=Nn1cc(C)c2cc(O)ccc21. The number of fused-ring (bicyclic) bond motifs is 1. The normalized spacial score (nSPS) is 11.7. The van der Waals surface area contributed by atoms with Crippen LogP contribution in [0.1, 0.15) is 31.7 Å². The van der Waals surface area contributed by atoms with Crippen LogP contribution in [0.25, 0.3) is 10.9 Å². The summed E-state index contributed by atoms with van der Waals surface area (Å²) < 4.78 is 1.77. The van der Waals surface area contributed by atoms with Gasteiger partial charge in [0.1, 0.15) is 5.75 Å². The fourth-order valence-electron chi connectivity index (χ4n) is 1.98. The molecule has 1 heterocycles. The van der Waals surface area contributed by atoms with Crippen molar-refractivity contribution in [3.8, 4) is 5.75 Å². The molecule has 4 nitrogen and oxygen atoms in total. The second kappa shape index (κ2) is 5.67. The van der Waals surface area contributed by atoms with Gasteiger partial charge in [0.2, 0.25) is 0 Å². The van der Waals surface area contributed by atoms with Crippen LogP contribution in [-0.2, 0) is 0 Å². The molecule has 0 radical (unpaired) electrons. The van der Waals surface area contributed by atoms with E-state index in [1.165, 1.54) is 12.8 Å². The molecule has 0 bridgehead atoms. The van der Waals surface area contributed by atoms with Gasteiger partial charge in [-0.15, -0.1) is 0 Å². The number of hydrogen-bond donors (Lipinski definition) is 1. The van der Waals surface area contributed by atoms with Crippen molar-refractivity contribution in [2.24, 2.45) is 10.3 Å². The Morgan fingerprint density at radius 1 is 1.28 bits per heavy atom. The molecule has 1 N–H and O–H groups in total. The molecule has 4 heteroatoms. The Morgan fingerprint density at radius 2 is 2.11 bits per heavy atom. The number of phenols is 1. The third-order valence-corrected chi connectivity index (χ3v) is 2.99. The van der Waals surface area contributed by atoms with Gasteiger partial charge >= 0.3 is 0 Å². The Labute approximate surface area is 107 Å². The molecule has 0 atom stereocenters. The van der Waals surface area contributed by atoms with Gasteiger partial charge in [0, 0.05) is 11.6 Å². The molecule has 18 heavy (non-hydrogen) atoms. The summed E-state index contributed by atoms with van der Waals surface area (Å²) in [7, 11) is 0. The first-order valence-corrected chi connectivity index (χ1v) is 6.41. The minimum absolute atomic E-state index is 0.281. The van der Waals surface area contributed by atoms with E-state index in [0.717, 1.165) is 29.4 Å². The number of rotatable bonds is 5. The maximum Gasteiger partial charge on any atom is 0.116 e. The van der Waals surface area contributed by atoms with Crippen molar-refractivity contribution in [1.29, 1.82) is 0 Å². The minimum atomic E-state index is 0.281. The largest absolute Gasteiger partial charge is 0.508 e. The molecule has 0 aliphatic heterocycles. The fraction of sp³-hybridized carbons (Fsp3) is 0.429. The van der Waals surface area contributed by atoms with Gasteiger partial charge in [-0.1, -0.05) is 25.0 Å². The number of unbranched alkanes of at least 4 members (excludes halogenated alkanes) is 2. The second-order valence-corrected chi connectivity index (χ2v) is 4.52. The Balaban J connectivity index is 2.18. The van der Waals surface area contributed by atoms with Crippen molar-refractivity contribution in [3.63, 3.8) is 0 Å². The molecule has 1 aromatic carbocycles. The van der Waals surface area contributed by atoms with Crippen molar-refractivity contribution in [3.05, 3.63) is 30.0 Å². The van der Waals surface area contributed by atoms with Crippen molar-refractivity contribution >= 4 is 10.9 Å². The van der Waals surface area contributed by atoms with E-state index in [2.05, 4.69) is 17.3 Å². The lowest BCUT2D eigenvalue weighted by molar-refractivity contribution is 0.476. The molecule has 0 fully saturated rings. The summed E-state index contributed by atoms with van der Waals surface area (Å²) in [5, 5.41) is 18.9. The highest BCUT2D eigenvalue weighted by Gasteiger charge is 2.05. The lowest BCUT2D eigenvalue weighted by atomic mass is 10.2. The van der Waals surface area contributed by atoms with Crippen LogP contribution in [0, 0.1) is 6.92 Å². The molecule has 96 valence electrons. The standard InChI is InChI=1S/C14H19N3O/c1-3-4-5-8-15-16-17-10-11(2)13-9-12(18)6-7-14(13)17/h6-7,9-10,18H,3-5,8H2,1-2H3. The summed E-state index contributed by atoms with van der Waals surface area (Å²) in [5.41, 5.74) is 2.07. The van der Waals surface area contributed by atoms with E-state index in [-0.39, 0.29) is 5.75 Å². The Bertz CT molecular complexity index is 557. The molecule has 2 rings (SSSR count). The van der Waals surface area contributed by atoms with Crippen LogP contribution in [0.15, 0.2) is 34.7 Å². The quantitative estimate of drug-likeness (QED) is 0.626. The van der Waals surface area contributed by atoms with Crippen LogP contribution in [-0.4, -0.2) is 16.3 Å². The van der Waals surface area contributed by atoms with Gasteiger partial charge in [-0.25, -0.2) is 4.68 Å². The summed E-state index contributed by atoms with van der Waals surface area (Å²) in [6.07, 6.45) is 5.41. The summed E-state index contributed by atoms with van der Waals surface area (Å²) >= 11 is 0. The molecular formula is C14H19N3O. The van der Waals surface area contributed by atoms with Gasteiger partial charge in [-0.2, -0.15) is 5.11 Å². The lowest BCUT2D eigenvalue weighted by Gasteiger charge is -1.97. The highest BCUT2D eigenvalue weighted by molar-refractivity contribution is 5.85. The lowest BCUT2D eigenvalue weighted by Crippen LogP contribution is -1.86. The van der Waals surface area contributed by atoms with Crippen LogP contribution < -0.4 is 0 Å². The number of aromatic hydroxyl groups is 1. The van der Waals surface area contributed by atoms with E-state index in [0.29, 0.717) is 0 Å². The maximum atomic E-state index is 9.47. The first-order valence-electron chi connectivity index (χ1n) is 6.41. The fourth-order valence-corrected chi connectivity index (χ4v) is 1.98. The summed E-state index contributed by atoms with van der Waals surface area (Å²) in [6.45, 7) is 4.95. The van der Waals surface area contributed by atoms with E-state index in [1.54, 1.807) is 16.8 Å². The van der Waals surface area contributed by atoms with Gasteiger partial charge in [0.05, 0.1) is 12.1 Å². The first kappa shape index (κ1) is 12.6. The highest BCUT2D eigenvalue weighted by Crippen LogP contribution is 2.24. The van der Waals surface area contributed by atoms with Crippen LogP contribution in [0.3, 0.4) is 0 Å².